The summed E-state index contributed by atoms with van der Waals surface area (Å²) in [5.41, 5.74) is 6.61. The van der Waals surface area contributed by atoms with E-state index in [-0.39, 0.29) is 12.1 Å². The number of hydrogen-bond donors (Lipinski definition) is 2. The zero-order valence-electron chi connectivity index (χ0n) is 11.0. The van der Waals surface area contributed by atoms with Crippen LogP contribution in [0.3, 0.4) is 0 Å². The Morgan fingerprint density at radius 3 is 2.81 bits per heavy atom. The Balaban J connectivity index is 2.24. The SMILES string of the molecule is NCC#Cc1ccc(Cl)c(NC(=O)c2cccc(F)c2)c1. The van der Waals surface area contributed by atoms with Crippen molar-refractivity contribution in [2.75, 3.05) is 11.9 Å². The summed E-state index contributed by atoms with van der Waals surface area (Å²) in [5.74, 6) is 4.65. The van der Waals surface area contributed by atoms with Gasteiger partial charge in [-0.15, -0.1) is 0 Å². The Bertz CT molecular complexity index is 735. The predicted molar refractivity (Wildman–Crippen MR) is 81.7 cm³/mol. The van der Waals surface area contributed by atoms with Gasteiger partial charge in [0.05, 0.1) is 17.3 Å². The molecule has 21 heavy (non-hydrogen) atoms. The molecule has 2 rings (SSSR count). The number of benzene rings is 2. The third-order valence-corrected chi connectivity index (χ3v) is 2.97. The lowest BCUT2D eigenvalue weighted by molar-refractivity contribution is 0.102. The smallest absolute Gasteiger partial charge is 0.255 e. The van der Waals surface area contributed by atoms with Crippen molar-refractivity contribution >= 4 is 23.2 Å². The highest BCUT2D eigenvalue weighted by atomic mass is 35.5. The number of carbonyl (C=O) groups is 1. The summed E-state index contributed by atoms with van der Waals surface area (Å²) in [6.07, 6.45) is 0. The number of carbonyl (C=O) groups excluding carboxylic acids is 1. The van der Waals surface area contributed by atoms with E-state index in [4.69, 9.17) is 17.3 Å². The van der Waals surface area contributed by atoms with E-state index in [1.165, 1.54) is 18.2 Å². The summed E-state index contributed by atoms with van der Waals surface area (Å²) in [7, 11) is 0. The predicted octanol–water partition coefficient (Wildman–Crippen LogP) is 3.04. The van der Waals surface area contributed by atoms with Gasteiger partial charge in [0.25, 0.3) is 5.91 Å². The third kappa shape index (κ3) is 4.06. The molecule has 0 saturated heterocycles. The summed E-state index contributed by atoms with van der Waals surface area (Å²) in [4.78, 5) is 12.1. The van der Waals surface area contributed by atoms with Crippen LogP contribution in [0.5, 0.6) is 0 Å². The summed E-state index contributed by atoms with van der Waals surface area (Å²) >= 11 is 6.03. The minimum atomic E-state index is -0.476. The van der Waals surface area contributed by atoms with Crippen LogP contribution in [0.15, 0.2) is 42.5 Å². The lowest BCUT2D eigenvalue weighted by Crippen LogP contribution is -2.12. The maximum atomic E-state index is 13.1. The molecular formula is C16H12ClFN2O. The van der Waals surface area contributed by atoms with Crippen LogP contribution >= 0.6 is 11.6 Å². The number of anilines is 1. The second-order valence-corrected chi connectivity index (χ2v) is 4.57. The van der Waals surface area contributed by atoms with E-state index in [9.17, 15) is 9.18 Å². The largest absolute Gasteiger partial charge is 0.321 e. The standard InChI is InChI=1S/C16H12ClFN2O/c17-14-7-6-11(3-2-8-19)9-15(14)20-16(21)12-4-1-5-13(18)10-12/h1,4-7,9-10H,8,19H2,(H,20,21). The molecule has 3 nitrogen and oxygen atoms in total. The van der Waals surface area contributed by atoms with Crippen molar-refractivity contribution < 1.29 is 9.18 Å². The van der Waals surface area contributed by atoms with E-state index in [0.29, 0.717) is 16.3 Å². The topological polar surface area (TPSA) is 55.1 Å². The van der Waals surface area contributed by atoms with Gasteiger partial charge >= 0.3 is 0 Å². The zero-order valence-corrected chi connectivity index (χ0v) is 11.7. The number of halogens is 2. The molecule has 0 aliphatic carbocycles. The van der Waals surface area contributed by atoms with Crippen LogP contribution in [0.25, 0.3) is 0 Å². The van der Waals surface area contributed by atoms with Gasteiger partial charge in [-0.1, -0.05) is 29.5 Å². The second-order valence-electron chi connectivity index (χ2n) is 4.16. The first-order valence-electron chi connectivity index (χ1n) is 6.15. The molecule has 0 aromatic heterocycles. The monoisotopic (exact) mass is 302 g/mol. The number of nitrogens with one attached hydrogen (secondary N) is 1. The van der Waals surface area contributed by atoms with Gasteiger partial charge in [0.1, 0.15) is 5.82 Å². The fourth-order valence-corrected chi connectivity index (χ4v) is 1.84. The van der Waals surface area contributed by atoms with Crippen molar-refractivity contribution in [3.63, 3.8) is 0 Å². The van der Waals surface area contributed by atoms with Gasteiger partial charge in [0, 0.05) is 11.1 Å². The van der Waals surface area contributed by atoms with Crippen LogP contribution in [0.4, 0.5) is 10.1 Å². The quantitative estimate of drug-likeness (QED) is 0.838. The Labute approximate surface area is 126 Å². The minimum absolute atomic E-state index is 0.213. The fraction of sp³-hybridized carbons (Fsp3) is 0.0625. The lowest BCUT2D eigenvalue weighted by Gasteiger charge is -2.08. The van der Waals surface area contributed by atoms with Crippen LogP contribution in [0.1, 0.15) is 15.9 Å². The average Bonchev–Trinajstić information content (AvgIpc) is 2.48. The highest BCUT2D eigenvalue weighted by Gasteiger charge is 2.09. The summed E-state index contributed by atoms with van der Waals surface area (Å²) in [5, 5.41) is 3.01. The number of nitrogens with two attached hydrogens (primary N) is 1. The van der Waals surface area contributed by atoms with E-state index in [2.05, 4.69) is 17.2 Å². The molecule has 0 bridgehead atoms. The molecule has 106 valence electrons. The van der Waals surface area contributed by atoms with Gasteiger partial charge < -0.3 is 11.1 Å². The average molecular weight is 303 g/mol. The molecule has 0 saturated carbocycles. The molecule has 0 atom stereocenters. The molecule has 2 aromatic carbocycles. The molecule has 0 radical (unpaired) electrons. The molecule has 0 fully saturated rings. The van der Waals surface area contributed by atoms with Crippen LogP contribution in [-0.2, 0) is 0 Å². The van der Waals surface area contributed by atoms with Gasteiger partial charge in [0.15, 0.2) is 0 Å². The highest BCUT2D eigenvalue weighted by molar-refractivity contribution is 6.34. The van der Waals surface area contributed by atoms with Crippen molar-refractivity contribution in [3.8, 4) is 11.8 Å². The zero-order chi connectivity index (χ0) is 15.2. The molecule has 0 heterocycles. The van der Waals surface area contributed by atoms with Crippen molar-refractivity contribution in [3.05, 3.63) is 64.4 Å². The van der Waals surface area contributed by atoms with Crippen LogP contribution in [-0.4, -0.2) is 12.5 Å². The first-order chi connectivity index (χ1) is 10.1. The van der Waals surface area contributed by atoms with E-state index in [1.54, 1.807) is 18.2 Å². The van der Waals surface area contributed by atoms with Gasteiger partial charge in [-0.3, -0.25) is 4.79 Å². The Kier molecular flexibility index (Phi) is 4.94. The Morgan fingerprint density at radius 2 is 2.10 bits per heavy atom. The maximum Gasteiger partial charge on any atom is 0.255 e. The van der Waals surface area contributed by atoms with Crippen LogP contribution < -0.4 is 11.1 Å². The van der Waals surface area contributed by atoms with Crippen molar-refractivity contribution in [2.45, 2.75) is 0 Å². The van der Waals surface area contributed by atoms with Gasteiger partial charge in [-0.25, -0.2) is 4.39 Å². The molecule has 1 amide bonds. The van der Waals surface area contributed by atoms with E-state index < -0.39 is 11.7 Å². The molecule has 0 unspecified atom stereocenters. The molecule has 5 heteroatoms. The third-order valence-electron chi connectivity index (χ3n) is 2.64. The molecule has 0 spiro atoms. The maximum absolute atomic E-state index is 13.1. The molecule has 0 aliphatic rings. The molecule has 0 aliphatic heterocycles. The van der Waals surface area contributed by atoms with Gasteiger partial charge in [-0.05, 0) is 36.4 Å². The van der Waals surface area contributed by atoms with E-state index in [0.717, 1.165) is 6.07 Å². The highest BCUT2D eigenvalue weighted by Crippen LogP contribution is 2.23. The van der Waals surface area contributed by atoms with Gasteiger partial charge in [-0.2, -0.15) is 0 Å². The van der Waals surface area contributed by atoms with Crippen molar-refractivity contribution in [1.82, 2.24) is 0 Å². The van der Waals surface area contributed by atoms with Crippen LogP contribution in [0, 0.1) is 17.7 Å². The molecule has 2 aromatic rings. The number of amides is 1. The van der Waals surface area contributed by atoms with Crippen molar-refractivity contribution in [1.29, 1.82) is 0 Å². The molecular weight excluding hydrogens is 291 g/mol. The molecule has 3 N–H and O–H groups in total. The van der Waals surface area contributed by atoms with E-state index >= 15 is 0 Å². The minimum Gasteiger partial charge on any atom is -0.321 e. The summed E-state index contributed by atoms with van der Waals surface area (Å²) in [6, 6.07) is 10.4. The Morgan fingerprint density at radius 1 is 1.29 bits per heavy atom. The van der Waals surface area contributed by atoms with E-state index in [1.807, 2.05) is 0 Å². The van der Waals surface area contributed by atoms with Gasteiger partial charge in [0.2, 0.25) is 0 Å². The first kappa shape index (κ1) is 15.0. The summed E-state index contributed by atoms with van der Waals surface area (Å²) < 4.78 is 13.1. The van der Waals surface area contributed by atoms with Crippen molar-refractivity contribution in [2.24, 2.45) is 5.73 Å². The lowest BCUT2D eigenvalue weighted by atomic mass is 10.1. The fourth-order valence-electron chi connectivity index (χ4n) is 1.68. The summed E-state index contributed by atoms with van der Waals surface area (Å²) in [6.45, 7) is 0.244. The number of hydrogen-bond acceptors (Lipinski definition) is 2. The normalized spacial score (nSPS) is 9.67. The second kappa shape index (κ2) is 6.89. The number of rotatable bonds is 2. The Hall–Kier alpha value is -2.35. The first-order valence-corrected chi connectivity index (χ1v) is 6.53. The van der Waals surface area contributed by atoms with Crippen LogP contribution in [0.2, 0.25) is 5.02 Å².